The molecule has 1 fully saturated rings. The molecule has 6 heteroatoms. The van der Waals surface area contributed by atoms with Gasteiger partial charge in [0.05, 0.1) is 11.7 Å². The SMILES string of the molecule is CN(CC1CCCO1)c1ncc(C(=O)O)cn1. The standard InChI is InChI=1S/C11H15N3O3/c1-14(7-9-3-2-4-17-9)11-12-5-8(6-13-11)10(15)16/h5-6,9H,2-4,7H2,1H3,(H,15,16). The summed E-state index contributed by atoms with van der Waals surface area (Å²) in [5.74, 6) is -0.496. The predicted molar refractivity (Wildman–Crippen MR) is 61.2 cm³/mol. The van der Waals surface area contributed by atoms with Crippen molar-refractivity contribution in [3.8, 4) is 0 Å². The normalized spacial score (nSPS) is 19.2. The van der Waals surface area contributed by atoms with Crippen molar-refractivity contribution in [3.63, 3.8) is 0 Å². The van der Waals surface area contributed by atoms with E-state index in [-0.39, 0.29) is 11.7 Å². The number of anilines is 1. The zero-order valence-corrected chi connectivity index (χ0v) is 9.67. The highest BCUT2D eigenvalue weighted by molar-refractivity contribution is 5.86. The number of carbonyl (C=O) groups is 1. The van der Waals surface area contributed by atoms with Crippen LogP contribution in [0.4, 0.5) is 5.95 Å². The topological polar surface area (TPSA) is 75.5 Å². The van der Waals surface area contributed by atoms with E-state index in [1.807, 2.05) is 11.9 Å². The molecule has 0 bridgehead atoms. The summed E-state index contributed by atoms with van der Waals surface area (Å²) in [6.07, 6.45) is 5.00. The van der Waals surface area contributed by atoms with Crippen LogP contribution in [0.2, 0.25) is 0 Å². The average Bonchev–Trinajstić information content (AvgIpc) is 2.82. The van der Waals surface area contributed by atoms with Crippen molar-refractivity contribution in [2.75, 3.05) is 25.1 Å². The average molecular weight is 237 g/mol. The summed E-state index contributed by atoms with van der Waals surface area (Å²) in [5.41, 5.74) is 0.0965. The fraction of sp³-hybridized carbons (Fsp3) is 0.545. The van der Waals surface area contributed by atoms with Crippen molar-refractivity contribution >= 4 is 11.9 Å². The van der Waals surface area contributed by atoms with E-state index in [9.17, 15) is 4.79 Å². The highest BCUT2D eigenvalue weighted by Crippen LogP contribution is 2.15. The van der Waals surface area contributed by atoms with Crippen molar-refractivity contribution in [1.82, 2.24) is 9.97 Å². The van der Waals surface area contributed by atoms with Crippen molar-refractivity contribution in [3.05, 3.63) is 18.0 Å². The molecule has 1 aromatic heterocycles. The van der Waals surface area contributed by atoms with E-state index in [1.165, 1.54) is 12.4 Å². The van der Waals surface area contributed by atoms with Crippen LogP contribution in [0.5, 0.6) is 0 Å². The Kier molecular flexibility index (Phi) is 3.53. The Labute approximate surface area is 99.2 Å². The lowest BCUT2D eigenvalue weighted by molar-refractivity contribution is 0.0696. The Morgan fingerprint density at radius 3 is 2.82 bits per heavy atom. The fourth-order valence-corrected chi connectivity index (χ4v) is 1.80. The van der Waals surface area contributed by atoms with Crippen LogP contribution in [0.25, 0.3) is 0 Å². The van der Waals surface area contributed by atoms with Crippen molar-refractivity contribution < 1.29 is 14.6 Å². The number of likely N-dealkylation sites (N-methyl/N-ethyl adjacent to an activating group) is 1. The summed E-state index contributed by atoms with van der Waals surface area (Å²) in [7, 11) is 1.87. The van der Waals surface area contributed by atoms with Gasteiger partial charge in [-0.1, -0.05) is 0 Å². The van der Waals surface area contributed by atoms with Crippen LogP contribution in [0.3, 0.4) is 0 Å². The first-order chi connectivity index (χ1) is 8.16. The molecular weight excluding hydrogens is 222 g/mol. The van der Waals surface area contributed by atoms with E-state index in [0.29, 0.717) is 5.95 Å². The first-order valence-corrected chi connectivity index (χ1v) is 5.55. The third-order valence-electron chi connectivity index (χ3n) is 2.73. The molecule has 0 amide bonds. The number of rotatable bonds is 4. The predicted octanol–water partition coefficient (Wildman–Crippen LogP) is 0.790. The summed E-state index contributed by atoms with van der Waals surface area (Å²) < 4.78 is 5.52. The number of ether oxygens (including phenoxy) is 1. The van der Waals surface area contributed by atoms with E-state index in [2.05, 4.69) is 9.97 Å². The first kappa shape index (κ1) is 11.8. The van der Waals surface area contributed by atoms with Gasteiger partial charge in [-0.15, -0.1) is 0 Å². The highest BCUT2D eigenvalue weighted by atomic mass is 16.5. The van der Waals surface area contributed by atoms with Crippen molar-refractivity contribution in [2.45, 2.75) is 18.9 Å². The number of hydrogen-bond donors (Lipinski definition) is 1. The molecule has 1 aromatic rings. The Bertz CT molecular complexity index is 387. The van der Waals surface area contributed by atoms with E-state index in [0.717, 1.165) is 26.0 Å². The number of aromatic nitrogens is 2. The molecule has 0 aromatic carbocycles. The van der Waals surface area contributed by atoms with Crippen molar-refractivity contribution in [2.24, 2.45) is 0 Å². The summed E-state index contributed by atoms with van der Waals surface area (Å²) in [6, 6.07) is 0. The minimum Gasteiger partial charge on any atom is -0.478 e. The molecule has 2 heterocycles. The maximum Gasteiger partial charge on any atom is 0.338 e. The maximum absolute atomic E-state index is 10.6. The minimum absolute atomic E-state index is 0.0965. The second-order valence-corrected chi connectivity index (χ2v) is 4.09. The lowest BCUT2D eigenvalue weighted by atomic mass is 10.2. The fourth-order valence-electron chi connectivity index (χ4n) is 1.80. The molecular formula is C11H15N3O3. The van der Waals surface area contributed by atoms with E-state index in [4.69, 9.17) is 9.84 Å². The Morgan fingerprint density at radius 2 is 2.29 bits per heavy atom. The molecule has 1 aliphatic heterocycles. The van der Waals surface area contributed by atoms with Gasteiger partial charge in [-0.3, -0.25) is 0 Å². The Balaban J connectivity index is 1.98. The van der Waals surface area contributed by atoms with Gasteiger partial charge in [-0.05, 0) is 12.8 Å². The monoisotopic (exact) mass is 237 g/mol. The smallest absolute Gasteiger partial charge is 0.338 e. The molecule has 17 heavy (non-hydrogen) atoms. The van der Waals surface area contributed by atoms with E-state index in [1.54, 1.807) is 0 Å². The minimum atomic E-state index is -1.02. The second kappa shape index (κ2) is 5.09. The molecule has 1 saturated heterocycles. The summed E-state index contributed by atoms with van der Waals surface area (Å²) in [4.78, 5) is 20.6. The summed E-state index contributed by atoms with van der Waals surface area (Å²) in [5, 5.41) is 8.73. The van der Waals surface area contributed by atoms with Crippen LogP contribution in [0.15, 0.2) is 12.4 Å². The van der Waals surface area contributed by atoms with Crippen LogP contribution < -0.4 is 4.90 Å². The zero-order valence-electron chi connectivity index (χ0n) is 9.67. The second-order valence-electron chi connectivity index (χ2n) is 4.09. The Hall–Kier alpha value is -1.69. The molecule has 1 unspecified atom stereocenters. The molecule has 1 atom stereocenters. The van der Waals surface area contributed by atoms with Gasteiger partial charge in [0.1, 0.15) is 0 Å². The van der Waals surface area contributed by atoms with Crippen LogP contribution in [0.1, 0.15) is 23.2 Å². The molecule has 0 spiro atoms. The number of carboxylic acid groups (broad SMARTS) is 1. The Morgan fingerprint density at radius 1 is 1.59 bits per heavy atom. The third-order valence-corrected chi connectivity index (χ3v) is 2.73. The summed E-state index contributed by atoms with van der Waals surface area (Å²) in [6.45, 7) is 1.55. The van der Waals surface area contributed by atoms with Gasteiger partial charge < -0.3 is 14.7 Å². The van der Waals surface area contributed by atoms with Gasteiger partial charge in [-0.2, -0.15) is 0 Å². The molecule has 0 aliphatic carbocycles. The quantitative estimate of drug-likeness (QED) is 0.834. The number of aromatic carboxylic acids is 1. The first-order valence-electron chi connectivity index (χ1n) is 5.55. The lowest BCUT2D eigenvalue weighted by Gasteiger charge is -2.20. The highest BCUT2D eigenvalue weighted by Gasteiger charge is 2.18. The summed E-state index contributed by atoms with van der Waals surface area (Å²) >= 11 is 0. The molecule has 1 aliphatic rings. The number of carboxylic acids is 1. The molecule has 1 N–H and O–H groups in total. The van der Waals surface area contributed by atoms with Gasteiger partial charge in [0.2, 0.25) is 5.95 Å². The van der Waals surface area contributed by atoms with Gasteiger partial charge in [0.15, 0.2) is 0 Å². The third kappa shape index (κ3) is 2.91. The molecule has 0 saturated carbocycles. The molecule has 0 radical (unpaired) electrons. The zero-order chi connectivity index (χ0) is 12.3. The molecule has 92 valence electrons. The van der Waals surface area contributed by atoms with E-state index >= 15 is 0 Å². The lowest BCUT2D eigenvalue weighted by Crippen LogP contribution is -2.29. The van der Waals surface area contributed by atoms with Crippen LogP contribution in [-0.4, -0.2) is 47.3 Å². The van der Waals surface area contributed by atoms with E-state index < -0.39 is 5.97 Å². The van der Waals surface area contributed by atoms with Gasteiger partial charge in [0.25, 0.3) is 0 Å². The number of hydrogen-bond acceptors (Lipinski definition) is 5. The van der Waals surface area contributed by atoms with Crippen LogP contribution in [0, 0.1) is 0 Å². The maximum atomic E-state index is 10.6. The van der Waals surface area contributed by atoms with Gasteiger partial charge in [-0.25, -0.2) is 14.8 Å². The largest absolute Gasteiger partial charge is 0.478 e. The van der Waals surface area contributed by atoms with Crippen molar-refractivity contribution in [1.29, 1.82) is 0 Å². The van der Waals surface area contributed by atoms with Gasteiger partial charge in [0, 0.05) is 32.6 Å². The van der Waals surface area contributed by atoms with Crippen LogP contribution >= 0.6 is 0 Å². The number of nitrogens with zero attached hydrogens (tertiary/aromatic N) is 3. The molecule has 2 rings (SSSR count). The molecule has 6 nitrogen and oxygen atoms in total. The van der Waals surface area contributed by atoms with Gasteiger partial charge >= 0.3 is 5.97 Å². The van der Waals surface area contributed by atoms with Crippen LogP contribution in [-0.2, 0) is 4.74 Å².